The second-order valence-electron chi connectivity index (χ2n) is 5.16. The molecule has 5 heteroatoms. The number of halogens is 1. The van der Waals surface area contributed by atoms with Crippen molar-refractivity contribution < 1.29 is 0 Å². The predicted octanol–water partition coefficient (Wildman–Crippen LogP) is 3.88. The molecule has 1 unspecified atom stereocenters. The van der Waals surface area contributed by atoms with Crippen molar-refractivity contribution in [2.24, 2.45) is 0 Å². The summed E-state index contributed by atoms with van der Waals surface area (Å²) >= 11 is 3.50. The fraction of sp³-hybridized carbons (Fsp3) is 0.176. The highest BCUT2D eigenvalue weighted by atomic mass is 79.9. The maximum atomic E-state index is 4.13. The third-order valence-corrected chi connectivity index (χ3v) is 4.07. The van der Waals surface area contributed by atoms with Gasteiger partial charge in [0.15, 0.2) is 0 Å². The lowest BCUT2D eigenvalue weighted by Gasteiger charge is -2.15. The van der Waals surface area contributed by atoms with E-state index in [0.29, 0.717) is 0 Å². The van der Waals surface area contributed by atoms with E-state index in [1.54, 1.807) is 11.0 Å². The summed E-state index contributed by atoms with van der Waals surface area (Å²) in [5.74, 6) is 0. The SMILES string of the molecule is CC(NCc1cccc(Br)c1)c1ccc(-n2cncn2)cc1. The lowest BCUT2D eigenvalue weighted by Crippen LogP contribution is -2.18. The molecule has 0 fully saturated rings. The Morgan fingerprint density at radius 3 is 2.68 bits per heavy atom. The Hall–Kier alpha value is -1.98. The predicted molar refractivity (Wildman–Crippen MR) is 90.8 cm³/mol. The largest absolute Gasteiger partial charge is 0.306 e. The molecule has 0 saturated heterocycles. The number of hydrogen-bond donors (Lipinski definition) is 1. The first-order chi connectivity index (χ1) is 10.7. The third kappa shape index (κ3) is 3.61. The van der Waals surface area contributed by atoms with Crippen LogP contribution in [0.3, 0.4) is 0 Å². The maximum Gasteiger partial charge on any atom is 0.138 e. The van der Waals surface area contributed by atoms with Crippen LogP contribution in [-0.2, 0) is 6.54 Å². The van der Waals surface area contributed by atoms with E-state index in [4.69, 9.17) is 0 Å². The molecule has 112 valence electrons. The fourth-order valence-corrected chi connectivity index (χ4v) is 2.74. The minimum Gasteiger partial charge on any atom is -0.306 e. The Morgan fingerprint density at radius 1 is 1.18 bits per heavy atom. The number of benzene rings is 2. The zero-order valence-electron chi connectivity index (χ0n) is 12.3. The molecular weight excluding hydrogens is 340 g/mol. The zero-order chi connectivity index (χ0) is 15.4. The van der Waals surface area contributed by atoms with Crippen molar-refractivity contribution in [3.8, 4) is 5.69 Å². The topological polar surface area (TPSA) is 42.7 Å². The van der Waals surface area contributed by atoms with Crippen LogP contribution in [-0.4, -0.2) is 14.8 Å². The monoisotopic (exact) mass is 356 g/mol. The Bertz CT molecular complexity index is 723. The molecule has 4 nitrogen and oxygen atoms in total. The molecule has 0 bridgehead atoms. The molecule has 0 saturated carbocycles. The number of aromatic nitrogens is 3. The maximum absolute atomic E-state index is 4.13. The van der Waals surface area contributed by atoms with E-state index >= 15 is 0 Å². The van der Waals surface area contributed by atoms with Crippen molar-refractivity contribution >= 4 is 15.9 Å². The van der Waals surface area contributed by atoms with Crippen molar-refractivity contribution in [1.82, 2.24) is 20.1 Å². The van der Waals surface area contributed by atoms with Gasteiger partial charge in [-0.3, -0.25) is 0 Å². The molecule has 1 heterocycles. The van der Waals surface area contributed by atoms with Gasteiger partial charge in [-0.05, 0) is 42.3 Å². The molecular formula is C17H17BrN4. The van der Waals surface area contributed by atoms with Crippen LogP contribution in [0.4, 0.5) is 0 Å². The normalized spacial score (nSPS) is 12.3. The molecule has 22 heavy (non-hydrogen) atoms. The van der Waals surface area contributed by atoms with Gasteiger partial charge in [0, 0.05) is 17.1 Å². The average Bonchev–Trinajstić information content (AvgIpc) is 3.07. The minimum absolute atomic E-state index is 0.281. The lowest BCUT2D eigenvalue weighted by molar-refractivity contribution is 0.574. The number of hydrogen-bond acceptors (Lipinski definition) is 3. The molecule has 0 aliphatic rings. The van der Waals surface area contributed by atoms with Crippen LogP contribution in [0.2, 0.25) is 0 Å². The van der Waals surface area contributed by atoms with Crippen LogP contribution in [0.5, 0.6) is 0 Å². The van der Waals surface area contributed by atoms with Crippen molar-refractivity contribution in [3.05, 3.63) is 76.8 Å². The van der Waals surface area contributed by atoms with Gasteiger partial charge in [-0.15, -0.1) is 0 Å². The summed E-state index contributed by atoms with van der Waals surface area (Å²) in [6.07, 6.45) is 3.24. The van der Waals surface area contributed by atoms with Gasteiger partial charge < -0.3 is 5.32 Å². The molecule has 1 N–H and O–H groups in total. The minimum atomic E-state index is 0.281. The Kier molecular flexibility index (Phi) is 4.65. The van der Waals surface area contributed by atoms with Crippen LogP contribution in [0.25, 0.3) is 5.69 Å². The van der Waals surface area contributed by atoms with E-state index in [1.165, 1.54) is 17.5 Å². The van der Waals surface area contributed by atoms with E-state index in [1.807, 2.05) is 6.07 Å². The van der Waals surface area contributed by atoms with Crippen molar-refractivity contribution in [2.45, 2.75) is 19.5 Å². The van der Waals surface area contributed by atoms with E-state index < -0.39 is 0 Å². The van der Waals surface area contributed by atoms with E-state index in [9.17, 15) is 0 Å². The summed E-state index contributed by atoms with van der Waals surface area (Å²) < 4.78 is 2.86. The summed E-state index contributed by atoms with van der Waals surface area (Å²) in [5.41, 5.74) is 3.53. The molecule has 0 amide bonds. The standard InChI is InChI=1S/C17H17BrN4/c1-13(20-10-14-3-2-4-16(18)9-14)15-5-7-17(8-6-15)22-12-19-11-21-22/h2-9,11-13,20H,10H2,1H3. The summed E-state index contributed by atoms with van der Waals surface area (Å²) in [6.45, 7) is 3.01. The van der Waals surface area contributed by atoms with Gasteiger partial charge in [-0.2, -0.15) is 5.10 Å². The van der Waals surface area contributed by atoms with E-state index in [-0.39, 0.29) is 6.04 Å². The second-order valence-corrected chi connectivity index (χ2v) is 6.08. The van der Waals surface area contributed by atoms with Crippen LogP contribution >= 0.6 is 15.9 Å². The van der Waals surface area contributed by atoms with Gasteiger partial charge in [0.25, 0.3) is 0 Å². The Labute approximate surface area is 138 Å². The van der Waals surface area contributed by atoms with E-state index in [0.717, 1.165) is 16.7 Å². The van der Waals surface area contributed by atoms with Crippen molar-refractivity contribution in [2.75, 3.05) is 0 Å². The molecule has 0 aliphatic carbocycles. The van der Waals surface area contributed by atoms with Crippen LogP contribution in [0.1, 0.15) is 24.1 Å². The average molecular weight is 357 g/mol. The highest BCUT2D eigenvalue weighted by Gasteiger charge is 2.06. The molecule has 0 spiro atoms. The Morgan fingerprint density at radius 2 is 2.00 bits per heavy atom. The fourth-order valence-electron chi connectivity index (χ4n) is 2.29. The van der Waals surface area contributed by atoms with Gasteiger partial charge in [0.05, 0.1) is 5.69 Å². The summed E-state index contributed by atoms with van der Waals surface area (Å²) in [7, 11) is 0. The van der Waals surface area contributed by atoms with Crippen molar-refractivity contribution in [1.29, 1.82) is 0 Å². The highest BCUT2D eigenvalue weighted by Crippen LogP contribution is 2.17. The molecule has 0 radical (unpaired) electrons. The molecule has 1 aromatic heterocycles. The van der Waals surface area contributed by atoms with Crippen molar-refractivity contribution in [3.63, 3.8) is 0 Å². The second kappa shape index (κ2) is 6.85. The quantitative estimate of drug-likeness (QED) is 0.754. The first-order valence-electron chi connectivity index (χ1n) is 7.15. The number of nitrogens with one attached hydrogen (secondary N) is 1. The molecule has 3 aromatic rings. The van der Waals surface area contributed by atoms with Gasteiger partial charge in [-0.25, -0.2) is 9.67 Å². The van der Waals surface area contributed by atoms with Gasteiger partial charge in [0.2, 0.25) is 0 Å². The lowest BCUT2D eigenvalue weighted by atomic mass is 10.1. The van der Waals surface area contributed by atoms with Gasteiger partial charge >= 0.3 is 0 Å². The molecule has 0 aliphatic heterocycles. The Balaban J connectivity index is 1.63. The summed E-state index contributed by atoms with van der Waals surface area (Å²) in [4.78, 5) is 3.96. The zero-order valence-corrected chi connectivity index (χ0v) is 13.9. The van der Waals surface area contributed by atoms with Crippen LogP contribution < -0.4 is 5.32 Å². The highest BCUT2D eigenvalue weighted by molar-refractivity contribution is 9.10. The summed E-state index contributed by atoms with van der Waals surface area (Å²) in [6, 6.07) is 17.0. The number of nitrogens with zero attached hydrogens (tertiary/aromatic N) is 3. The molecule has 3 rings (SSSR count). The first kappa shape index (κ1) is 14.9. The number of rotatable bonds is 5. The first-order valence-corrected chi connectivity index (χ1v) is 7.94. The smallest absolute Gasteiger partial charge is 0.138 e. The molecule has 1 atom stereocenters. The van der Waals surface area contributed by atoms with Gasteiger partial charge in [0.1, 0.15) is 12.7 Å². The van der Waals surface area contributed by atoms with E-state index in [2.05, 4.69) is 80.7 Å². The van der Waals surface area contributed by atoms with Gasteiger partial charge in [-0.1, -0.05) is 40.2 Å². The molecule has 2 aromatic carbocycles. The third-order valence-electron chi connectivity index (χ3n) is 3.58. The van der Waals surface area contributed by atoms with Crippen LogP contribution in [0.15, 0.2) is 65.7 Å². The van der Waals surface area contributed by atoms with Crippen LogP contribution in [0, 0.1) is 0 Å². The summed E-state index contributed by atoms with van der Waals surface area (Å²) in [5, 5.41) is 7.67.